The molecular weight excluding hydrogens is 212 g/mol. The average molecular weight is 229 g/mol. The fourth-order valence-electron chi connectivity index (χ4n) is 1.68. The van der Waals surface area contributed by atoms with Gasteiger partial charge >= 0.3 is 0 Å². The third-order valence-electron chi connectivity index (χ3n) is 2.42. The summed E-state index contributed by atoms with van der Waals surface area (Å²) in [6.45, 7) is 4.12. The number of aromatic nitrogens is 2. The fourth-order valence-corrected chi connectivity index (χ4v) is 1.68. The number of hydrogen-bond acceptors (Lipinski definition) is 4. The molecule has 1 aromatic heterocycles. The molecule has 1 aliphatic heterocycles. The van der Waals surface area contributed by atoms with E-state index >= 15 is 0 Å². The van der Waals surface area contributed by atoms with Gasteiger partial charge < -0.3 is 10.6 Å². The number of rotatable bonds is 2. The third kappa shape index (κ3) is 3.64. The zero-order valence-corrected chi connectivity index (χ0v) is 9.68. The zero-order valence-electron chi connectivity index (χ0n) is 8.86. The Bertz CT molecular complexity index is 299. The third-order valence-corrected chi connectivity index (χ3v) is 2.42. The molecule has 5 heteroatoms. The minimum atomic E-state index is 0. The summed E-state index contributed by atoms with van der Waals surface area (Å²) in [5.74, 6) is 0.749. The van der Waals surface area contributed by atoms with E-state index in [1.807, 2.05) is 13.0 Å². The second-order valence-corrected chi connectivity index (χ2v) is 3.71. The number of anilines is 1. The maximum atomic E-state index is 4.32. The SMILES string of the molecule is Cc1ccnc(N[C@H]2CCCNC2)n1.Cl. The van der Waals surface area contributed by atoms with Crippen LogP contribution in [0.4, 0.5) is 5.95 Å². The van der Waals surface area contributed by atoms with Crippen LogP contribution in [-0.4, -0.2) is 29.1 Å². The van der Waals surface area contributed by atoms with Crippen molar-refractivity contribution in [3.63, 3.8) is 0 Å². The Morgan fingerprint density at radius 2 is 2.40 bits per heavy atom. The van der Waals surface area contributed by atoms with Crippen LogP contribution in [0.5, 0.6) is 0 Å². The van der Waals surface area contributed by atoms with Crippen LogP contribution in [0, 0.1) is 6.92 Å². The minimum absolute atomic E-state index is 0. The van der Waals surface area contributed by atoms with Gasteiger partial charge in [0, 0.05) is 24.5 Å². The number of nitrogens with zero attached hydrogens (tertiary/aromatic N) is 2. The molecule has 4 nitrogen and oxygen atoms in total. The molecule has 1 aliphatic rings. The Morgan fingerprint density at radius 3 is 3.07 bits per heavy atom. The van der Waals surface area contributed by atoms with Crippen molar-refractivity contribution in [1.29, 1.82) is 0 Å². The zero-order chi connectivity index (χ0) is 9.80. The van der Waals surface area contributed by atoms with Crippen molar-refractivity contribution in [3.05, 3.63) is 18.0 Å². The molecule has 0 bridgehead atoms. The van der Waals surface area contributed by atoms with E-state index in [1.165, 1.54) is 12.8 Å². The summed E-state index contributed by atoms with van der Waals surface area (Å²) in [5.41, 5.74) is 1.01. The Labute approximate surface area is 96.3 Å². The first-order chi connectivity index (χ1) is 6.84. The lowest BCUT2D eigenvalue weighted by molar-refractivity contribution is 0.478. The lowest BCUT2D eigenvalue weighted by Crippen LogP contribution is -2.38. The van der Waals surface area contributed by atoms with Gasteiger partial charge in [0.15, 0.2) is 0 Å². The molecule has 15 heavy (non-hydrogen) atoms. The molecule has 0 spiro atoms. The quantitative estimate of drug-likeness (QED) is 0.803. The second kappa shape index (κ2) is 5.88. The highest BCUT2D eigenvalue weighted by Crippen LogP contribution is 2.07. The number of hydrogen-bond donors (Lipinski definition) is 2. The van der Waals surface area contributed by atoms with Crippen molar-refractivity contribution in [3.8, 4) is 0 Å². The molecule has 0 radical (unpaired) electrons. The first-order valence-electron chi connectivity index (χ1n) is 5.11. The standard InChI is InChI=1S/C10H16N4.ClH/c1-8-4-6-12-10(13-8)14-9-3-2-5-11-7-9;/h4,6,9,11H,2-3,5,7H2,1H3,(H,12,13,14);1H/t9-;/m0./s1. The van der Waals surface area contributed by atoms with Crippen molar-refractivity contribution in [1.82, 2.24) is 15.3 Å². The van der Waals surface area contributed by atoms with Crippen LogP contribution < -0.4 is 10.6 Å². The smallest absolute Gasteiger partial charge is 0.223 e. The van der Waals surface area contributed by atoms with Gasteiger partial charge in [0.05, 0.1) is 0 Å². The molecule has 1 fully saturated rings. The molecule has 0 saturated carbocycles. The summed E-state index contributed by atoms with van der Waals surface area (Å²) in [5, 5.41) is 6.69. The topological polar surface area (TPSA) is 49.8 Å². The van der Waals surface area contributed by atoms with Crippen LogP contribution >= 0.6 is 12.4 Å². The van der Waals surface area contributed by atoms with Crippen LogP contribution in [0.3, 0.4) is 0 Å². The normalized spacial score (nSPS) is 20.5. The number of halogens is 1. The number of aryl methyl sites for hydroxylation is 1. The Balaban J connectivity index is 0.00000112. The van der Waals surface area contributed by atoms with E-state index in [0.29, 0.717) is 6.04 Å². The van der Waals surface area contributed by atoms with Crippen molar-refractivity contribution >= 4 is 18.4 Å². The lowest BCUT2D eigenvalue weighted by atomic mass is 10.1. The van der Waals surface area contributed by atoms with Gasteiger partial charge in [-0.15, -0.1) is 12.4 Å². The minimum Gasteiger partial charge on any atom is -0.350 e. The van der Waals surface area contributed by atoms with Crippen LogP contribution in [0.15, 0.2) is 12.3 Å². The van der Waals surface area contributed by atoms with Crippen molar-refractivity contribution in [2.45, 2.75) is 25.8 Å². The molecule has 0 aliphatic carbocycles. The first-order valence-corrected chi connectivity index (χ1v) is 5.11. The second-order valence-electron chi connectivity index (χ2n) is 3.71. The van der Waals surface area contributed by atoms with Gasteiger partial charge in [0.2, 0.25) is 5.95 Å². The van der Waals surface area contributed by atoms with Crippen LogP contribution in [0.1, 0.15) is 18.5 Å². The highest BCUT2D eigenvalue weighted by molar-refractivity contribution is 5.85. The van der Waals surface area contributed by atoms with E-state index in [1.54, 1.807) is 6.20 Å². The maximum Gasteiger partial charge on any atom is 0.223 e. The van der Waals surface area contributed by atoms with E-state index in [9.17, 15) is 0 Å². The summed E-state index contributed by atoms with van der Waals surface area (Å²) in [6, 6.07) is 2.38. The summed E-state index contributed by atoms with van der Waals surface area (Å²) in [7, 11) is 0. The predicted molar refractivity (Wildman–Crippen MR) is 63.5 cm³/mol. The van der Waals surface area contributed by atoms with E-state index in [-0.39, 0.29) is 12.4 Å². The Morgan fingerprint density at radius 1 is 1.53 bits per heavy atom. The van der Waals surface area contributed by atoms with Gasteiger partial charge in [-0.25, -0.2) is 9.97 Å². The van der Waals surface area contributed by atoms with Crippen molar-refractivity contribution in [2.24, 2.45) is 0 Å². The van der Waals surface area contributed by atoms with Gasteiger partial charge in [-0.1, -0.05) is 0 Å². The van der Waals surface area contributed by atoms with E-state index < -0.39 is 0 Å². The van der Waals surface area contributed by atoms with Gasteiger partial charge in [0.1, 0.15) is 0 Å². The van der Waals surface area contributed by atoms with Gasteiger partial charge in [-0.05, 0) is 32.4 Å². The first kappa shape index (κ1) is 12.2. The van der Waals surface area contributed by atoms with Crippen molar-refractivity contribution < 1.29 is 0 Å². The van der Waals surface area contributed by atoms with Gasteiger partial charge in [-0.2, -0.15) is 0 Å². The van der Waals surface area contributed by atoms with Gasteiger partial charge in [-0.3, -0.25) is 0 Å². The van der Waals surface area contributed by atoms with E-state index in [2.05, 4.69) is 20.6 Å². The average Bonchev–Trinajstić information content (AvgIpc) is 2.19. The molecule has 0 unspecified atom stereocenters. The molecule has 1 atom stereocenters. The molecular formula is C10H17ClN4. The van der Waals surface area contributed by atoms with E-state index in [0.717, 1.165) is 24.7 Å². The lowest BCUT2D eigenvalue weighted by Gasteiger charge is -2.23. The highest BCUT2D eigenvalue weighted by Gasteiger charge is 2.12. The molecule has 1 saturated heterocycles. The summed E-state index contributed by atoms with van der Waals surface area (Å²) >= 11 is 0. The largest absolute Gasteiger partial charge is 0.350 e. The van der Waals surface area contributed by atoms with Crippen LogP contribution in [0.25, 0.3) is 0 Å². The fraction of sp³-hybridized carbons (Fsp3) is 0.600. The molecule has 0 amide bonds. The summed E-state index contributed by atoms with van der Waals surface area (Å²) in [4.78, 5) is 8.50. The van der Waals surface area contributed by atoms with Gasteiger partial charge in [0.25, 0.3) is 0 Å². The van der Waals surface area contributed by atoms with E-state index in [4.69, 9.17) is 0 Å². The molecule has 2 heterocycles. The summed E-state index contributed by atoms with van der Waals surface area (Å²) in [6.07, 6.45) is 4.22. The Hall–Kier alpha value is -0.870. The van der Waals surface area contributed by atoms with Crippen LogP contribution in [0.2, 0.25) is 0 Å². The predicted octanol–water partition coefficient (Wildman–Crippen LogP) is 1.37. The molecule has 84 valence electrons. The monoisotopic (exact) mass is 228 g/mol. The molecule has 1 aromatic rings. The van der Waals surface area contributed by atoms with Crippen molar-refractivity contribution in [2.75, 3.05) is 18.4 Å². The summed E-state index contributed by atoms with van der Waals surface area (Å²) < 4.78 is 0. The highest BCUT2D eigenvalue weighted by atomic mass is 35.5. The molecule has 2 rings (SSSR count). The van der Waals surface area contributed by atoms with Crippen LogP contribution in [-0.2, 0) is 0 Å². The maximum absolute atomic E-state index is 4.32. The number of nitrogens with one attached hydrogen (secondary N) is 2. The number of piperidine rings is 1. The molecule has 0 aromatic carbocycles. The Kier molecular flexibility index (Phi) is 4.78. The molecule has 2 N–H and O–H groups in total.